The predicted molar refractivity (Wildman–Crippen MR) is 153 cm³/mol. The molecule has 1 amide bonds. The molecule has 0 heterocycles. The van der Waals surface area contributed by atoms with Gasteiger partial charge in [0.2, 0.25) is 5.91 Å². The Morgan fingerprint density at radius 1 is 0.769 bits per heavy atom. The molecule has 4 aromatic carbocycles. The fourth-order valence-corrected chi connectivity index (χ4v) is 5.92. The van der Waals surface area contributed by atoms with E-state index in [1.807, 2.05) is 80.6 Å². The normalized spacial score (nSPS) is 11.2. The van der Waals surface area contributed by atoms with Crippen molar-refractivity contribution in [1.29, 1.82) is 0 Å². The molecule has 0 saturated carbocycles. The Balaban J connectivity index is 1.74. The Bertz CT molecular complexity index is 1480. The maximum atomic E-state index is 14.0. The van der Waals surface area contributed by atoms with Gasteiger partial charge >= 0.3 is 0 Å². The average molecular weight is 545 g/mol. The van der Waals surface area contributed by atoms with Gasteiger partial charge < -0.3 is 14.8 Å². The lowest BCUT2D eigenvalue weighted by Crippen LogP contribution is -2.42. The molecule has 0 saturated heterocycles. The van der Waals surface area contributed by atoms with Crippen LogP contribution in [0, 0.1) is 13.8 Å². The molecule has 0 aliphatic heterocycles. The number of rotatable bonds is 10. The number of sulfonamides is 1. The summed E-state index contributed by atoms with van der Waals surface area (Å²) in [7, 11) is -1.25. The van der Waals surface area contributed by atoms with Crippen LogP contribution in [-0.4, -0.2) is 35.1 Å². The zero-order valence-electron chi connectivity index (χ0n) is 22.4. The Morgan fingerprint density at radius 2 is 1.31 bits per heavy atom. The Hall–Kier alpha value is -4.30. The first-order chi connectivity index (χ1) is 18.7. The molecule has 7 nitrogen and oxygen atoms in total. The number of aryl methyl sites for hydroxylation is 2. The van der Waals surface area contributed by atoms with Gasteiger partial charge in [-0.25, -0.2) is 8.42 Å². The highest BCUT2D eigenvalue weighted by atomic mass is 32.2. The number of nitrogens with zero attached hydrogens (tertiary/aromatic N) is 1. The third-order valence-electron chi connectivity index (χ3n) is 6.30. The third-order valence-corrected chi connectivity index (χ3v) is 8.07. The number of carbonyl (C=O) groups excluding carboxylic acids is 1. The quantitative estimate of drug-likeness (QED) is 0.288. The minimum atomic E-state index is -4.17. The van der Waals surface area contributed by atoms with Crippen LogP contribution in [0.2, 0.25) is 0 Å². The topological polar surface area (TPSA) is 84.9 Å². The van der Waals surface area contributed by atoms with Gasteiger partial charge in [0.15, 0.2) is 11.5 Å². The van der Waals surface area contributed by atoms with E-state index >= 15 is 0 Å². The number of nitrogens with one attached hydrogen (secondary N) is 1. The summed E-state index contributed by atoms with van der Waals surface area (Å²) < 4.78 is 39.8. The molecule has 0 fully saturated rings. The Morgan fingerprint density at radius 3 is 1.82 bits per heavy atom. The first-order valence-corrected chi connectivity index (χ1v) is 13.9. The molecule has 0 atom stereocenters. The lowest BCUT2D eigenvalue weighted by Gasteiger charge is -2.27. The van der Waals surface area contributed by atoms with E-state index in [-0.39, 0.29) is 10.6 Å². The van der Waals surface area contributed by atoms with Crippen LogP contribution >= 0.6 is 0 Å². The number of ether oxygens (including phenoxy) is 2. The monoisotopic (exact) mass is 544 g/mol. The molecule has 4 rings (SSSR count). The van der Waals surface area contributed by atoms with E-state index < -0.39 is 28.5 Å². The lowest BCUT2D eigenvalue weighted by atomic mass is 9.99. The summed E-state index contributed by atoms with van der Waals surface area (Å²) in [6.45, 7) is 3.35. The van der Waals surface area contributed by atoms with Crippen LogP contribution in [0.1, 0.15) is 28.3 Å². The van der Waals surface area contributed by atoms with Crippen molar-refractivity contribution >= 4 is 21.6 Å². The van der Waals surface area contributed by atoms with Gasteiger partial charge in [-0.15, -0.1) is 0 Å². The lowest BCUT2D eigenvalue weighted by molar-refractivity contribution is -0.120. The van der Waals surface area contributed by atoms with Crippen LogP contribution in [0.4, 0.5) is 5.69 Å². The van der Waals surface area contributed by atoms with E-state index in [0.29, 0.717) is 11.4 Å². The minimum absolute atomic E-state index is 0.0187. The number of carbonyl (C=O) groups is 1. The average Bonchev–Trinajstić information content (AvgIpc) is 2.94. The van der Waals surface area contributed by atoms with E-state index in [0.717, 1.165) is 26.6 Å². The van der Waals surface area contributed by atoms with Gasteiger partial charge in [0.1, 0.15) is 6.54 Å². The molecule has 0 aliphatic rings. The maximum Gasteiger partial charge on any atom is 0.264 e. The van der Waals surface area contributed by atoms with E-state index in [4.69, 9.17) is 9.47 Å². The van der Waals surface area contributed by atoms with E-state index in [9.17, 15) is 13.2 Å². The molecule has 202 valence electrons. The molecule has 1 N–H and O–H groups in total. The molecule has 8 heteroatoms. The SMILES string of the molecule is COc1ccc(S(=O)(=O)N(CC(=O)NC(c2ccccc2)c2ccccc2)c2cc(C)cc(C)c2)cc1OC. The number of benzene rings is 4. The van der Waals surface area contributed by atoms with Crippen LogP contribution in [0.15, 0.2) is 102 Å². The summed E-state index contributed by atoms with van der Waals surface area (Å²) >= 11 is 0. The van der Waals surface area contributed by atoms with Crippen molar-refractivity contribution in [2.45, 2.75) is 24.8 Å². The summed E-state index contributed by atoms with van der Waals surface area (Å²) in [5.74, 6) is 0.230. The second-order valence-electron chi connectivity index (χ2n) is 9.20. The standard InChI is InChI=1S/C31H32N2O5S/c1-22-17-23(2)19-26(18-22)33(39(35,36)27-15-16-28(37-3)29(20-27)38-4)21-30(34)32-31(24-11-7-5-8-12-24)25-13-9-6-10-14-25/h5-20,31H,21H2,1-4H3,(H,32,34). The van der Waals surface area contributed by atoms with Gasteiger partial charge in [0.25, 0.3) is 10.0 Å². The van der Waals surface area contributed by atoms with Gasteiger partial charge in [-0.3, -0.25) is 9.10 Å². The smallest absolute Gasteiger partial charge is 0.264 e. The molecule has 0 unspecified atom stereocenters. The number of amides is 1. The second-order valence-corrected chi connectivity index (χ2v) is 11.1. The maximum absolute atomic E-state index is 14.0. The molecule has 39 heavy (non-hydrogen) atoms. The Labute approximate surface area is 230 Å². The van der Waals surface area contributed by atoms with Crippen LogP contribution in [0.3, 0.4) is 0 Å². The molecule has 4 aromatic rings. The highest BCUT2D eigenvalue weighted by molar-refractivity contribution is 7.92. The van der Waals surface area contributed by atoms with Gasteiger partial charge in [-0.2, -0.15) is 0 Å². The molecule has 0 spiro atoms. The van der Waals surface area contributed by atoms with Crippen LogP contribution < -0.4 is 19.1 Å². The van der Waals surface area contributed by atoms with Crippen LogP contribution in [0.25, 0.3) is 0 Å². The first-order valence-electron chi connectivity index (χ1n) is 12.4. The summed E-state index contributed by atoms with van der Waals surface area (Å²) in [6.07, 6.45) is 0. The zero-order valence-corrected chi connectivity index (χ0v) is 23.2. The van der Waals surface area contributed by atoms with Crippen LogP contribution in [-0.2, 0) is 14.8 Å². The summed E-state index contributed by atoms with van der Waals surface area (Å²) in [4.78, 5) is 13.6. The van der Waals surface area contributed by atoms with Crippen molar-refractivity contribution in [3.05, 3.63) is 119 Å². The van der Waals surface area contributed by atoms with Crippen molar-refractivity contribution in [3.63, 3.8) is 0 Å². The van der Waals surface area contributed by atoms with Crippen LogP contribution in [0.5, 0.6) is 11.5 Å². The third kappa shape index (κ3) is 6.41. The van der Waals surface area contributed by atoms with E-state index in [1.54, 1.807) is 12.1 Å². The molecule has 0 aromatic heterocycles. The Kier molecular flexibility index (Phi) is 8.56. The fraction of sp³-hybridized carbons (Fsp3) is 0.194. The molecule has 0 bridgehead atoms. The van der Waals surface area contributed by atoms with E-state index in [2.05, 4.69) is 5.32 Å². The van der Waals surface area contributed by atoms with Gasteiger partial charge in [0.05, 0.1) is 30.8 Å². The van der Waals surface area contributed by atoms with E-state index in [1.165, 1.54) is 32.4 Å². The number of methoxy groups -OCH3 is 2. The summed E-state index contributed by atoms with van der Waals surface area (Å²) in [5, 5.41) is 3.05. The van der Waals surface area contributed by atoms with Crippen molar-refractivity contribution in [2.24, 2.45) is 0 Å². The van der Waals surface area contributed by atoms with Crippen molar-refractivity contribution in [2.75, 3.05) is 25.1 Å². The van der Waals surface area contributed by atoms with Gasteiger partial charge in [-0.1, -0.05) is 66.7 Å². The van der Waals surface area contributed by atoms with Gasteiger partial charge in [0, 0.05) is 6.07 Å². The molecular formula is C31H32N2O5S. The minimum Gasteiger partial charge on any atom is -0.493 e. The van der Waals surface area contributed by atoms with Gasteiger partial charge in [-0.05, 0) is 60.4 Å². The highest BCUT2D eigenvalue weighted by Gasteiger charge is 2.30. The highest BCUT2D eigenvalue weighted by Crippen LogP contribution is 2.33. The summed E-state index contributed by atoms with van der Waals surface area (Å²) in [5.41, 5.74) is 3.93. The van der Waals surface area contributed by atoms with Crippen molar-refractivity contribution in [3.8, 4) is 11.5 Å². The largest absolute Gasteiger partial charge is 0.493 e. The zero-order chi connectivity index (χ0) is 28.0. The summed E-state index contributed by atoms with van der Waals surface area (Å²) in [6, 6.07) is 28.5. The van der Waals surface area contributed by atoms with Crippen molar-refractivity contribution < 1.29 is 22.7 Å². The number of hydrogen-bond donors (Lipinski definition) is 1. The molecule has 0 radical (unpaired) electrons. The number of anilines is 1. The first kappa shape index (κ1) is 27.7. The fourth-order valence-electron chi connectivity index (χ4n) is 4.50. The molecular weight excluding hydrogens is 512 g/mol. The molecule has 0 aliphatic carbocycles. The van der Waals surface area contributed by atoms with Crippen molar-refractivity contribution in [1.82, 2.24) is 5.32 Å². The predicted octanol–water partition coefficient (Wildman–Crippen LogP) is 5.42. The number of hydrogen-bond acceptors (Lipinski definition) is 5. The second kappa shape index (κ2) is 12.0.